The van der Waals surface area contributed by atoms with Crippen molar-refractivity contribution in [3.05, 3.63) is 46.8 Å². The van der Waals surface area contributed by atoms with Crippen LogP contribution in [-0.2, 0) is 23.9 Å². The van der Waals surface area contributed by atoms with E-state index in [1.54, 1.807) is 46.0 Å². The molecular weight excluding hydrogens is 372 g/mol. The molecule has 0 aromatic heterocycles. The van der Waals surface area contributed by atoms with Crippen LogP contribution in [0.2, 0.25) is 0 Å². The highest BCUT2D eigenvalue weighted by Crippen LogP contribution is 2.22. The van der Waals surface area contributed by atoms with Crippen molar-refractivity contribution in [3.63, 3.8) is 0 Å². The molecule has 2 rings (SSSR count). The number of hydrogen-bond donors (Lipinski definition) is 2. The Kier molecular flexibility index (Phi) is 7.70. The molecule has 1 atom stereocenters. The fourth-order valence-corrected chi connectivity index (χ4v) is 3.13. The summed E-state index contributed by atoms with van der Waals surface area (Å²) in [5.74, 6) is -1.46. The number of allylic oxidation sites excluding steroid dienone is 5. The normalized spacial score (nSPS) is 17.3. The topological polar surface area (TPSA) is 102 Å². The molecule has 7 nitrogen and oxygen atoms in total. The Balaban J connectivity index is 2.18. The lowest BCUT2D eigenvalue weighted by atomic mass is 9.88. The predicted octanol–water partition coefficient (Wildman–Crippen LogP) is 2.26. The number of ketones is 2. The molecule has 1 aliphatic heterocycles. The van der Waals surface area contributed by atoms with Crippen LogP contribution in [0.5, 0.6) is 0 Å². The molecule has 1 aliphatic carbocycles. The van der Waals surface area contributed by atoms with Gasteiger partial charge < -0.3 is 15.4 Å². The molecule has 0 radical (unpaired) electrons. The Hall–Kier alpha value is -2.96. The third-order valence-electron chi connectivity index (χ3n) is 4.80. The first-order chi connectivity index (χ1) is 13.7. The van der Waals surface area contributed by atoms with Crippen LogP contribution in [0.25, 0.3) is 0 Å². The highest BCUT2D eigenvalue weighted by atomic mass is 16.5. The van der Waals surface area contributed by atoms with Crippen molar-refractivity contribution < 1.29 is 23.9 Å². The molecule has 7 heteroatoms. The fraction of sp³-hybridized carbons (Fsp3) is 0.455. The average molecular weight is 400 g/mol. The van der Waals surface area contributed by atoms with Crippen LogP contribution in [0.3, 0.4) is 0 Å². The summed E-state index contributed by atoms with van der Waals surface area (Å²) in [5.41, 5.74) is 2.08. The highest BCUT2D eigenvalue weighted by Gasteiger charge is 2.29. The Morgan fingerprint density at radius 2 is 1.97 bits per heavy atom. The van der Waals surface area contributed by atoms with Crippen LogP contribution in [0, 0.1) is 5.92 Å². The minimum Gasteiger partial charge on any atom is -0.464 e. The van der Waals surface area contributed by atoms with E-state index in [0.29, 0.717) is 28.8 Å². The largest absolute Gasteiger partial charge is 0.464 e. The van der Waals surface area contributed by atoms with Crippen LogP contribution < -0.4 is 10.6 Å². The molecule has 2 aliphatic rings. The van der Waals surface area contributed by atoms with Gasteiger partial charge in [-0.1, -0.05) is 32.1 Å². The molecule has 0 saturated heterocycles. The van der Waals surface area contributed by atoms with Gasteiger partial charge in [-0.3, -0.25) is 14.4 Å². The molecule has 0 bridgehead atoms. The Labute approximate surface area is 170 Å². The number of amides is 1. The van der Waals surface area contributed by atoms with E-state index in [2.05, 4.69) is 10.6 Å². The Morgan fingerprint density at radius 3 is 2.55 bits per heavy atom. The quantitative estimate of drug-likeness (QED) is 0.606. The van der Waals surface area contributed by atoms with Crippen molar-refractivity contribution in [3.8, 4) is 0 Å². The second-order valence-corrected chi connectivity index (χ2v) is 7.34. The van der Waals surface area contributed by atoms with Crippen LogP contribution in [0.1, 0.15) is 47.0 Å². The molecule has 0 aromatic rings. The maximum Gasteiger partial charge on any atom is 0.328 e. The number of nitrogens with one attached hydrogen (secondary N) is 2. The van der Waals surface area contributed by atoms with Crippen molar-refractivity contribution in [1.29, 1.82) is 0 Å². The molecule has 0 saturated carbocycles. The number of rotatable bonds is 8. The van der Waals surface area contributed by atoms with Crippen molar-refractivity contribution in [2.75, 3.05) is 6.61 Å². The van der Waals surface area contributed by atoms with E-state index in [0.717, 1.165) is 0 Å². The summed E-state index contributed by atoms with van der Waals surface area (Å²) in [7, 11) is 0. The van der Waals surface area contributed by atoms with Gasteiger partial charge in [-0.25, -0.2) is 4.79 Å². The van der Waals surface area contributed by atoms with Gasteiger partial charge in [0.1, 0.15) is 6.04 Å². The minimum atomic E-state index is -0.986. The van der Waals surface area contributed by atoms with E-state index in [1.165, 1.54) is 0 Å². The first kappa shape index (κ1) is 22.3. The number of ether oxygens (including phenoxy) is 1. The SMILES string of the molecule is CCOC(=O)C(CC1=CC=C(C(=O)C(C)C)CC1=O)NC(=O)C1=C(C)NC=CC1. The lowest BCUT2D eigenvalue weighted by Crippen LogP contribution is -2.44. The van der Waals surface area contributed by atoms with Gasteiger partial charge in [-0.15, -0.1) is 0 Å². The van der Waals surface area contributed by atoms with Gasteiger partial charge in [0.25, 0.3) is 0 Å². The summed E-state index contributed by atoms with van der Waals surface area (Å²) in [6.45, 7) is 7.19. The average Bonchev–Trinajstić information content (AvgIpc) is 2.68. The number of carbonyl (C=O) groups excluding carboxylic acids is 4. The smallest absolute Gasteiger partial charge is 0.328 e. The molecule has 156 valence electrons. The van der Waals surface area contributed by atoms with Crippen LogP contribution >= 0.6 is 0 Å². The zero-order chi connectivity index (χ0) is 21.6. The maximum atomic E-state index is 12.7. The summed E-state index contributed by atoms with van der Waals surface area (Å²) >= 11 is 0. The van der Waals surface area contributed by atoms with Gasteiger partial charge in [0.05, 0.1) is 6.61 Å². The summed E-state index contributed by atoms with van der Waals surface area (Å²) in [5, 5.41) is 5.67. The maximum absolute atomic E-state index is 12.7. The summed E-state index contributed by atoms with van der Waals surface area (Å²) < 4.78 is 5.08. The first-order valence-electron chi connectivity index (χ1n) is 9.80. The monoisotopic (exact) mass is 400 g/mol. The molecule has 2 N–H and O–H groups in total. The molecule has 29 heavy (non-hydrogen) atoms. The highest BCUT2D eigenvalue weighted by molar-refractivity contribution is 6.08. The molecule has 1 heterocycles. The molecule has 0 aromatic carbocycles. The lowest BCUT2D eigenvalue weighted by molar-refractivity contribution is -0.147. The summed E-state index contributed by atoms with van der Waals surface area (Å²) in [4.78, 5) is 49.7. The third-order valence-corrected chi connectivity index (χ3v) is 4.80. The van der Waals surface area contributed by atoms with Crippen LogP contribution in [0.4, 0.5) is 0 Å². The number of carbonyl (C=O) groups is 4. The third kappa shape index (κ3) is 5.76. The predicted molar refractivity (Wildman–Crippen MR) is 108 cm³/mol. The number of hydrogen-bond acceptors (Lipinski definition) is 6. The zero-order valence-electron chi connectivity index (χ0n) is 17.3. The Bertz CT molecular complexity index is 830. The molecular formula is C22H28N2O5. The second-order valence-electron chi connectivity index (χ2n) is 7.34. The van der Waals surface area contributed by atoms with Gasteiger partial charge in [0.2, 0.25) is 5.91 Å². The van der Waals surface area contributed by atoms with Gasteiger partial charge in [-0.2, -0.15) is 0 Å². The van der Waals surface area contributed by atoms with E-state index >= 15 is 0 Å². The molecule has 1 amide bonds. The zero-order valence-corrected chi connectivity index (χ0v) is 17.3. The molecule has 1 unspecified atom stereocenters. The van der Waals surface area contributed by atoms with E-state index in [-0.39, 0.29) is 42.8 Å². The van der Waals surface area contributed by atoms with Gasteiger partial charge in [0.15, 0.2) is 11.6 Å². The van der Waals surface area contributed by atoms with Crippen LogP contribution in [-0.4, -0.2) is 36.1 Å². The van der Waals surface area contributed by atoms with Crippen molar-refractivity contribution in [1.82, 2.24) is 10.6 Å². The van der Waals surface area contributed by atoms with E-state index in [9.17, 15) is 19.2 Å². The van der Waals surface area contributed by atoms with Crippen molar-refractivity contribution >= 4 is 23.4 Å². The van der Waals surface area contributed by atoms with Crippen molar-refractivity contribution in [2.24, 2.45) is 5.92 Å². The van der Waals surface area contributed by atoms with Crippen LogP contribution in [0.15, 0.2) is 46.8 Å². The Morgan fingerprint density at radius 1 is 1.24 bits per heavy atom. The summed E-state index contributed by atoms with van der Waals surface area (Å²) in [6, 6.07) is -0.986. The van der Waals surface area contributed by atoms with E-state index < -0.39 is 12.0 Å². The second kappa shape index (κ2) is 10.0. The van der Waals surface area contributed by atoms with Gasteiger partial charge in [0, 0.05) is 35.6 Å². The van der Waals surface area contributed by atoms with Gasteiger partial charge in [-0.05, 0) is 32.0 Å². The van der Waals surface area contributed by atoms with E-state index in [4.69, 9.17) is 4.74 Å². The lowest BCUT2D eigenvalue weighted by Gasteiger charge is -2.22. The minimum absolute atomic E-state index is 0.00527. The van der Waals surface area contributed by atoms with Crippen molar-refractivity contribution in [2.45, 2.75) is 53.0 Å². The standard InChI is InChI=1S/C22H28N2O5/c1-5-29-22(28)18(24-21(27)17-7-6-10-23-14(17)4)11-15-8-9-16(12-19(15)25)20(26)13(2)3/h6,8-10,13,18,23H,5,7,11-12H2,1-4H3,(H,24,27). The summed E-state index contributed by atoms with van der Waals surface area (Å²) in [6.07, 6.45) is 7.23. The number of Topliss-reactive ketones (excluding diaryl/α,β-unsaturated/α-hetero) is 2. The fourth-order valence-electron chi connectivity index (χ4n) is 3.13. The van der Waals surface area contributed by atoms with Gasteiger partial charge >= 0.3 is 5.97 Å². The molecule has 0 spiro atoms. The number of esters is 1. The molecule has 0 fully saturated rings. The number of dihydropyridines is 1. The van der Waals surface area contributed by atoms with E-state index in [1.807, 2.05) is 6.08 Å². The first-order valence-corrected chi connectivity index (χ1v) is 9.80.